The molecule has 33 heavy (non-hydrogen) atoms. The van der Waals surface area contributed by atoms with Crippen LogP contribution in [0.2, 0.25) is 0 Å². The number of amides is 2. The van der Waals surface area contributed by atoms with Crippen LogP contribution >= 0.6 is 0 Å². The van der Waals surface area contributed by atoms with Crippen molar-refractivity contribution in [2.45, 2.75) is 19.8 Å². The lowest BCUT2D eigenvalue weighted by Gasteiger charge is -2.29. The monoisotopic (exact) mass is 440 g/mol. The van der Waals surface area contributed by atoms with Gasteiger partial charge in [0, 0.05) is 32.0 Å². The minimum Gasteiger partial charge on any atom is -0.352 e. The molecule has 4 rings (SSSR count). The maximum Gasteiger partial charge on any atom is 0.274 e. The highest BCUT2D eigenvalue weighted by Gasteiger charge is 2.46. The van der Waals surface area contributed by atoms with Crippen molar-refractivity contribution in [1.82, 2.24) is 20.2 Å². The lowest BCUT2D eigenvalue weighted by atomic mass is 9.78. The van der Waals surface area contributed by atoms with E-state index in [1.807, 2.05) is 18.2 Å². The van der Waals surface area contributed by atoms with Gasteiger partial charge in [-0.1, -0.05) is 60.2 Å². The molecule has 0 aliphatic carbocycles. The molecule has 6 heteroatoms. The first-order valence-corrected chi connectivity index (χ1v) is 11.1. The summed E-state index contributed by atoms with van der Waals surface area (Å²) in [5.41, 5.74) is 4.06. The second kappa shape index (κ2) is 9.77. The predicted molar refractivity (Wildman–Crippen MR) is 129 cm³/mol. The maximum atomic E-state index is 13.4. The molecule has 2 amide bonds. The third-order valence-electron chi connectivity index (χ3n) is 6.19. The lowest BCUT2D eigenvalue weighted by Crippen LogP contribution is -2.45. The summed E-state index contributed by atoms with van der Waals surface area (Å²) in [4.78, 5) is 36.3. The Kier molecular flexibility index (Phi) is 6.63. The van der Waals surface area contributed by atoms with Crippen LogP contribution in [0.4, 0.5) is 0 Å². The van der Waals surface area contributed by atoms with Crippen molar-refractivity contribution >= 4 is 11.8 Å². The van der Waals surface area contributed by atoms with Gasteiger partial charge < -0.3 is 10.2 Å². The van der Waals surface area contributed by atoms with Crippen LogP contribution in [0.3, 0.4) is 0 Å². The molecule has 3 aromatic rings. The zero-order valence-electron chi connectivity index (χ0n) is 18.8. The van der Waals surface area contributed by atoms with Gasteiger partial charge in [0.15, 0.2) is 0 Å². The van der Waals surface area contributed by atoms with Crippen molar-refractivity contribution in [1.29, 1.82) is 0 Å². The molecule has 0 unspecified atom stereocenters. The molecule has 1 fully saturated rings. The number of likely N-dealkylation sites (tertiary alicyclic amines) is 1. The molecule has 1 aliphatic heterocycles. The number of carbonyl (C=O) groups excluding carboxylic acids is 2. The van der Waals surface area contributed by atoms with Gasteiger partial charge in [-0.25, -0.2) is 4.98 Å². The van der Waals surface area contributed by atoms with Gasteiger partial charge in [0.1, 0.15) is 5.69 Å². The van der Waals surface area contributed by atoms with Crippen molar-refractivity contribution in [3.63, 3.8) is 0 Å². The van der Waals surface area contributed by atoms with Gasteiger partial charge in [-0.2, -0.15) is 0 Å². The summed E-state index contributed by atoms with van der Waals surface area (Å²) in [7, 11) is 0. The van der Waals surface area contributed by atoms with Gasteiger partial charge in [0.2, 0.25) is 5.91 Å². The maximum absolute atomic E-state index is 13.4. The predicted octanol–water partition coefficient (Wildman–Crippen LogP) is 3.83. The number of aryl methyl sites for hydroxylation is 1. The molecule has 1 saturated heterocycles. The summed E-state index contributed by atoms with van der Waals surface area (Å²) in [5, 5.41) is 2.98. The van der Waals surface area contributed by atoms with E-state index < -0.39 is 5.41 Å². The quantitative estimate of drug-likeness (QED) is 0.567. The van der Waals surface area contributed by atoms with Crippen LogP contribution < -0.4 is 5.32 Å². The van der Waals surface area contributed by atoms with Gasteiger partial charge >= 0.3 is 0 Å². The Bertz CT molecular complexity index is 1160. The van der Waals surface area contributed by atoms with E-state index in [-0.39, 0.29) is 11.8 Å². The van der Waals surface area contributed by atoms with Crippen molar-refractivity contribution in [3.8, 4) is 11.1 Å². The fourth-order valence-corrected chi connectivity index (χ4v) is 4.51. The highest BCUT2D eigenvalue weighted by atomic mass is 16.2. The Labute approximate surface area is 194 Å². The molecule has 1 aliphatic rings. The number of nitrogens with one attached hydrogen (secondary N) is 1. The van der Waals surface area contributed by atoms with Crippen LogP contribution in [0.1, 0.15) is 28.0 Å². The van der Waals surface area contributed by atoms with E-state index in [4.69, 9.17) is 0 Å². The summed E-state index contributed by atoms with van der Waals surface area (Å²) in [5.74, 6) is -0.260. The van der Waals surface area contributed by atoms with Crippen LogP contribution in [0, 0.1) is 12.3 Å². The summed E-state index contributed by atoms with van der Waals surface area (Å²) < 4.78 is 0. The smallest absolute Gasteiger partial charge is 0.274 e. The topological polar surface area (TPSA) is 75.2 Å². The van der Waals surface area contributed by atoms with Crippen molar-refractivity contribution < 1.29 is 9.59 Å². The molecular weight excluding hydrogens is 412 g/mol. The zero-order chi connectivity index (χ0) is 23.3. The van der Waals surface area contributed by atoms with Gasteiger partial charge in [0.25, 0.3) is 5.91 Å². The second-order valence-corrected chi connectivity index (χ2v) is 8.55. The number of nitrogens with zero attached hydrogens (tertiary/aromatic N) is 3. The first-order valence-electron chi connectivity index (χ1n) is 11.1. The van der Waals surface area contributed by atoms with Crippen LogP contribution in [-0.4, -0.2) is 46.3 Å². The third kappa shape index (κ3) is 4.85. The van der Waals surface area contributed by atoms with Gasteiger partial charge in [-0.3, -0.25) is 14.6 Å². The van der Waals surface area contributed by atoms with Crippen molar-refractivity contribution in [3.05, 3.63) is 96.6 Å². The summed E-state index contributed by atoms with van der Waals surface area (Å²) >= 11 is 0. The molecule has 2 heterocycles. The van der Waals surface area contributed by atoms with Crippen LogP contribution in [0.5, 0.6) is 0 Å². The number of rotatable bonds is 7. The van der Waals surface area contributed by atoms with Gasteiger partial charge in [-0.15, -0.1) is 6.58 Å². The standard InChI is InChI=1S/C27H28N4O2/c1-3-12-30-26(33)27(11-15-31(19-27)25(32)24-18-28-13-14-29-24)17-22-8-4-5-10-23(22)21-9-6-7-20(2)16-21/h3-10,13-14,16,18H,1,11-12,15,17,19H2,2H3,(H,30,33)/t27-/m1/s1. The number of carbonyl (C=O) groups is 2. The minimum absolute atomic E-state index is 0.0594. The number of hydrogen-bond acceptors (Lipinski definition) is 4. The average molecular weight is 441 g/mol. The summed E-state index contributed by atoms with van der Waals surface area (Å²) in [6, 6.07) is 16.6. The van der Waals surface area contributed by atoms with Crippen molar-refractivity contribution in [2.75, 3.05) is 19.6 Å². The molecule has 0 bridgehead atoms. The third-order valence-corrected chi connectivity index (χ3v) is 6.19. The Morgan fingerprint density at radius 1 is 1.18 bits per heavy atom. The van der Waals surface area contributed by atoms with E-state index in [0.29, 0.717) is 38.2 Å². The van der Waals surface area contributed by atoms with E-state index in [0.717, 1.165) is 16.7 Å². The van der Waals surface area contributed by atoms with E-state index >= 15 is 0 Å². The number of hydrogen-bond donors (Lipinski definition) is 1. The molecule has 0 saturated carbocycles. The second-order valence-electron chi connectivity index (χ2n) is 8.55. The Balaban J connectivity index is 1.66. The normalized spacial score (nSPS) is 17.5. The highest BCUT2D eigenvalue weighted by Crippen LogP contribution is 2.38. The first-order chi connectivity index (χ1) is 16.0. The zero-order valence-corrected chi connectivity index (χ0v) is 18.8. The molecule has 1 aromatic heterocycles. The average Bonchev–Trinajstić information content (AvgIpc) is 3.28. The molecule has 6 nitrogen and oxygen atoms in total. The van der Waals surface area contributed by atoms with E-state index in [1.54, 1.807) is 11.0 Å². The number of aromatic nitrogens is 2. The fourth-order valence-electron chi connectivity index (χ4n) is 4.51. The van der Waals surface area contributed by atoms with Crippen LogP contribution in [0.15, 0.2) is 79.8 Å². The molecule has 1 atom stereocenters. The number of benzene rings is 2. The molecule has 0 spiro atoms. The van der Waals surface area contributed by atoms with Crippen molar-refractivity contribution in [2.24, 2.45) is 5.41 Å². The van der Waals surface area contributed by atoms with Gasteiger partial charge in [-0.05, 0) is 36.5 Å². The van der Waals surface area contributed by atoms with E-state index in [9.17, 15) is 9.59 Å². The fraction of sp³-hybridized carbons (Fsp3) is 0.259. The first kappa shape index (κ1) is 22.4. The Morgan fingerprint density at radius 3 is 2.79 bits per heavy atom. The Morgan fingerprint density at radius 2 is 2.03 bits per heavy atom. The lowest BCUT2D eigenvalue weighted by molar-refractivity contribution is -0.130. The summed E-state index contributed by atoms with van der Waals surface area (Å²) in [6.45, 7) is 6.99. The van der Waals surface area contributed by atoms with Gasteiger partial charge in [0.05, 0.1) is 11.6 Å². The highest BCUT2D eigenvalue weighted by molar-refractivity contribution is 5.93. The van der Waals surface area contributed by atoms with Crippen LogP contribution in [0.25, 0.3) is 11.1 Å². The largest absolute Gasteiger partial charge is 0.352 e. The Hall–Kier alpha value is -3.80. The molecule has 168 valence electrons. The van der Waals surface area contributed by atoms with E-state index in [1.165, 1.54) is 24.2 Å². The molecular formula is C27H28N4O2. The SMILES string of the molecule is C=CCNC(=O)[C@@]1(Cc2ccccc2-c2cccc(C)c2)CCN(C(=O)c2cnccn2)C1. The van der Waals surface area contributed by atoms with E-state index in [2.05, 4.69) is 59.1 Å². The molecule has 1 N–H and O–H groups in total. The molecule has 2 aromatic carbocycles. The molecule has 0 radical (unpaired) electrons. The minimum atomic E-state index is -0.735. The summed E-state index contributed by atoms with van der Waals surface area (Å²) in [6.07, 6.45) is 7.28. The van der Waals surface area contributed by atoms with Crippen LogP contribution in [-0.2, 0) is 11.2 Å².